The van der Waals surface area contributed by atoms with Crippen molar-refractivity contribution in [3.8, 4) is 5.75 Å². The lowest BCUT2D eigenvalue weighted by Crippen LogP contribution is -2.22. The average molecular weight is 237 g/mol. The van der Waals surface area contributed by atoms with Gasteiger partial charge in [0.25, 0.3) is 8.32 Å². The zero-order valence-electron chi connectivity index (χ0n) is 10.6. The van der Waals surface area contributed by atoms with Gasteiger partial charge in [0.1, 0.15) is 5.75 Å². The van der Waals surface area contributed by atoms with E-state index < -0.39 is 8.32 Å². The second-order valence-corrected chi connectivity index (χ2v) is 9.02. The van der Waals surface area contributed by atoms with E-state index in [0.29, 0.717) is 0 Å². The highest BCUT2D eigenvalue weighted by Crippen LogP contribution is 2.13. The van der Waals surface area contributed by atoms with Crippen LogP contribution in [0.4, 0.5) is 0 Å². The van der Waals surface area contributed by atoms with Crippen LogP contribution < -0.4 is 4.74 Å². The highest BCUT2D eigenvalue weighted by Gasteiger charge is 2.15. The SMILES string of the molecule is COc1ccc(C(C)=NO[Si](C)(C)C)cc1. The predicted molar refractivity (Wildman–Crippen MR) is 69.6 cm³/mol. The van der Waals surface area contributed by atoms with Gasteiger partial charge in [-0.15, -0.1) is 5.16 Å². The molecule has 88 valence electrons. The fourth-order valence-corrected chi connectivity index (χ4v) is 1.50. The molecule has 0 N–H and O–H groups in total. The normalized spacial score (nSPS) is 12.4. The van der Waals surface area contributed by atoms with Crippen LogP contribution in [-0.4, -0.2) is 21.1 Å². The van der Waals surface area contributed by atoms with E-state index >= 15 is 0 Å². The molecule has 0 atom stereocenters. The molecule has 1 aromatic carbocycles. The third-order valence-corrected chi connectivity index (χ3v) is 2.60. The van der Waals surface area contributed by atoms with Gasteiger partial charge >= 0.3 is 0 Å². The summed E-state index contributed by atoms with van der Waals surface area (Å²) in [5.41, 5.74) is 1.95. The molecule has 0 spiro atoms. The second kappa shape index (κ2) is 5.16. The molecule has 4 heteroatoms. The van der Waals surface area contributed by atoms with E-state index in [1.807, 2.05) is 31.2 Å². The Hall–Kier alpha value is -1.29. The van der Waals surface area contributed by atoms with Gasteiger partial charge in [0.05, 0.1) is 12.8 Å². The molecular weight excluding hydrogens is 218 g/mol. The monoisotopic (exact) mass is 237 g/mol. The van der Waals surface area contributed by atoms with Gasteiger partial charge in [-0.25, -0.2) is 0 Å². The van der Waals surface area contributed by atoms with Crippen molar-refractivity contribution in [2.24, 2.45) is 5.16 Å². The third-order valence-electron chi connectivity index (χ3n) is 1.96. The molecule has 1 rings (SSSR count). The Morgan fingerprint density at radius 3 is 2.12 bits per heavy atom. The Labute approximate surface area is 98.2 Å². The van der Waals surface area contributed by atoms with E-state index in [0.717, 1.165) is 17.0 Å². The molecule has 0 aliphatic rings. The van der Waals surface area contributed by atoms with Crippen molar-refractivity contribution in [2.75, 3.05) is 7.11 Å². The summed E-state index contributed by atoms with van der Waals surface area (Å²) in [4.78, 5) is 0. The molecule has 0 unspecified atom stereocenters. The quantitative estimate of drug-likeness (QED) is 0.457. The molecular formula is C12H19NO2Si. The minimum absolute atomic E-state index is 0.850. The summed E-state index contributed by atoms with van der Waals surface area (Å²) in [5, 5.41) is 4.16. The van der Waals surface area contributed by atoms with Crippen molar-refractivity contribution in [2.45, 2.75) is 26.6 Å². The standard InChI is InChI=1S/C12H19NO2Si/c1-10(13-15-16(3,4)5)11-6-8-12(14-2)9-7-11/h6-9H,1-5H3. The van der Waals surface area contributed by atoms with Crippen LogP contribution in [0, 0.1) is 0 Å². The molecule has 0 aromatic heterocycles. The van der Waals surface area contributed by atoms with Crippen molar-refractivity contribution in [3.05, 3.63) is 29.8 Å². The molecule has 0 saturated carbocycles. The maximum absolute atomic E-state index is 5.50. The molecule has 3 nitrogen and oxygen atoms in total. The first-order valence-corrected chi connectivity index (χ1v) is 8.70. The summed E-state index contributed by atoms with van der Waals surface area (Å²) in [6, 6.07) is 7.79. The summed E-state index contributed by atoms with van der Waals surface area (Å²) in [6.07, 6.45) is 0. The largest absolute Gasteiger partial charge is 0.497 e. The van der Waals surface area contributed by atoms with Crippen molar-refractivity contribution in [3.63, 3.8) is 0 Å². The Morgan fingerprint density at radius 1 is 1.12 bits per heavy atom. The van der Waals surface area contributed by atoms with Crippen LogP contribution in [0.5, 0.6) is 5.75 Å². The first-order chi connectivity index (χ1) is 7.42. The number of hydrogen-bond acceptors (Lipinski definition) is 3. The maximum Gasteiger partial charge on any atom is 0.278 e. The van der Waals surface area contributed by atoms with Crippen LogP contribution in [0.1, 0.15) is 12.5 Å². The van der Waals surface area contributed by atoms with Gasteiger partial charge in [-0.05, 0) is 56.4 Å². The first-order valence-electron chi connectivity index (χ1n) is 5.29. The second-order valence-electron chi connectivity index (χ2n) is 4.61. The van der Waals surface area contributed by atoms with Crippen LogP contribution in [0.2, 0.25) is 19.6 Å². The Bertz CT molecular complexity index is 366. The summed E-state index contributed by atoms with van der Waals surface area (Å²) in [6.45, 7) is 8.27. The molecule has 0 fully saturated rings. The van der Waals surface area contributed by atoms with Crippen molar-refractivity contribution in [1.29, 1.82) is 0 Å². The molecule has 16 heavy (non-hydrogen) atoms. The lowest BCUT2D eigenvalue weighted by Gasteiger charge is -2.13. The van der Waals surface area contributed by atoms with E-state index in [2.05, 4.69) is 24.8 Å². The molecule has 0 aliphatic carbocycles. The number of benzene rings is 1. The number of ether oxygens (including phenoxy) is 1. The smallest absolute Gasteiger partial charge is 0.278 e. The minimum atomic E-state index is -1.58. The highest BCUT2D eigenvalue weighted by atomic mass is 28.4. The fraction of sp³-hybridized carbons (Fsp3) is 0.417. The highest BCUT2D eigenvalue weighted by molar-refractivity contribution is 6.69. The Balaban J connectivity index is 2.76. The number of methoxy groups -OCH3 is 1. The van der Waals surface area contributed by atoms with Gasteiger partial charge < -0.3 is 9.26 Å². The van der Waals surface area contributed by atoms with E-state index in [4.69, 9.17) is 9.26 Å². The van der Waals surface area contributed by atoms with Crippen molar-refractivity contribution < 1.29 is 9.26 Å². The number of rotatable bonds is 4. The lowest BCUT2D eigenvalue weighted by atomic mass is 10.1. The van der Waals surface area contributed by atoms with Gasteiger partial charge in [-0.2, -0.15) is 0 Å². The molecule has 1 aromatic rings. The van der Waals surface area contributed by atoms with Crippen LogP contribution in [0.15, 0.2) is 29.4 Å². The van der Waals surface area contributed by atoms with Gasteiger partial charge in [-0.1, -0.05) is 0 Å². The molecule has 0 bridgehead atoms. The van der Waals surface area contributed by atoms with Crippen LogP contribution in [-0.2, 0) is 4.53 Å². The van der Waals surface area contributed by atoms with E-state index in [1.54, 1.807) is 7.11 Å². The number of hydrogen-bond donors (Lipinski definition) is 0. The van der Waals surface area contributed by atoms with E-state index in [-0.39, 0.29) is 0 Å². The first kappa shape index (κ1) is 12.8. The van der Waals surface area contributed by atoms with Crippen molar-refractivity contribution >= 4 is 14.0 Å². The molecule has 0 heterocycles. The zero-order chi connectivity index (χ0) is 12.2. The Morgan fingerprint density at radius 2 is 1.69 bits per heavy atom. The average Bonchev–Trinajstić information content (AvgIpc) is 2.25. The summed E-state index contributed by atoms with van der Waals surface area (Å²) in [5.74, 6) is 0.850. The third kappa shape index (κ3) is 4.06. The van der Waals surface area contributed by atoms with E-state index in [9.17, 15) is 0 Å². The maximum atomic E-state index is 5.50. The fourth-order valence-electron chi connectivity index (χ4n) is 1.09. The van der Waals surface area contributed by atoms with E-state index in [1.165, 1.54) is 0 Å². The van der Waals surface area contributed by atoms with Gasteiger partial charge in [0, 0.05) is 0 Å². The minimum Gasteiger partial charge on any atom is -0.497 e. The number of oxime groups is 1. The predicted octanol–water partition coefficient (Wildman–Crippen LogP) is 3.27. The van der Waals surface area contributed by atoms with Crippen LogP contribution in [0.3, 0.4) is 0 Å². The lowest BCUT2D eigenvalue weighted by molar-refractivity contribution is 0.335. The topological polar surface area (TPSA) is 30.8 Å². The number of nitrogens with zero attached hydrogens (tertiary/aromatic N) is 1. The van der Waals surface area contributed by atoms with Crippen molar-refractivity contribution in [1.82, 2.24) is 0 Å². The van der Waals surface area contributed by atoms with Gasteiger partial charge in [-0.3, -0.25) is 0 Å². The summed E-state index contributed by atoms with van der Waals surface area (Å²) >= 11 is 0. The molecule has 0 amide bonds. The van der Waals surface area contributed by atoms with Crippen LogP contribution in [0.25, 0.3) is 0 Å². The van der Waals surface area contributed by atoms with Gasteiger partial charge in [0.15, 0.2) is 0 Å². The van der Waals surface area contributed by atoms with Gasteiger partial charge in [0.2, 0.25) is 0 Å². The molecule has 0 saturated heterocycles. The van der Waals surface area contributed by atoms with Crippen LogP contribution >= 0.6 is 0 Å². The summed E-state index contributed by atoms with van der Waals surface area (Å²) in [7, 11) is 0.0742. The zero-order valence-corrected chi connectivity index (χ0v) is 11.6. The summed E-state index contributed by atoms with van der Waals surface area (Å²) < 4.78 is 10.6. The molecule has 0 radical (unpaired) electrons. The Kier molecular flexibility index (Phi) is 4.12. The molecule has 0 aliphatic heterocycles.